The summed E-state index contributed by atoms with van der Waals surface area (Å²) in [6.45, 7) is 7.32. The van der Waals surface area contributed by atoms with E-state index in [1.807, 2.05) is 4.90 Å². The first kappa shape index (κ1) is 19.9. The van der Waals surface area contributed by atoms with E-state index in [1.165, 1.54) is 5.56 Å². The van der Waals surface area contributed by atoms with Gasteiger partial charge in [0.05, 0.1) is 0 Å². The number of aromatic amines is 1. The fourth-order valence-electron chi connectivity index (χ4n) is 3.91. The number of fused-ring (bicyclic) bond motifs is 1. The van der Waals surface area contributed by atoms with Gasteiger partial charge in [-0.1, -0.05) is 30.3 Å². The normalized spacial score (nSPS) is 20.5. The highest BCUT2D eigenvalue weighted by Gasteiger charge is 2.28. The van der Waals surface area contributed by atoms with Crippen LogP contribution in [-0.2, 0) is 19.5 Å². The molecule has 0 aliphatic carbocycles. The molecule has 1 aromatic heterocycles. The van der Waals surface area contributed by atoms with Gasteiger partial charge in [-0.2, -0.15) is 5.10 Å². The zero-order valence-corrected chi connectivity index (χ0v) is 16.6. The number of carbonyl (C=O) groups is 1. The lowest BCUT2D eigenvalue weighted by Gasteiger charge is -2.26. The number of hydrogen-bond acceptors (Lipinski definition) is 4. The Hall–Kier alpha value is -1.89. The van der Waals surface area contributed by atoms with Crippen molar-refractivity contribution < 1.29 is 4.79 Å². The predicted octanol–water partition coefficient (Wildman–Crippen LogP) is 2.21. The number of aromatic nitrogens is 2. The van der Waals surface area contributed by atoms with Crippen LogP contribution in [0.3, 0.4) is 0 Å². The third-order valence-electron chi connectivity index (χ3n) is 5.62. The molecule has 2 N–H and O–H groups in total. The van der Waals surface area contributed by atoms with E-state index < -0.39 is 0 Å². The molecular formula is C20H28ClN5O. The quantitative estimate of drug-likeness (QED) is 0.844. The average Bonchev–Trinajstić information content (AvgIpc) is 3.02. The molecular weight excluding hydrogens is 362 g/mol. The van der Waals surface area contributed by atoms with Crippen molar-refractivity contribution >= 4 is 18.3 Å². The first-order valence-corrected chi connectivity index (χ1v) is 9.56. The van der Waals surface area contributed by atoms with Crippen LogP contribution in [0.4, 0.5) is 0 Å². The van der Waals surface area contributed by atoms with Crippen LogP contribution >= 0.6 is 12.4 Å². The third kappa shape index (κ3) is 4.34. The maximum atomic E-state index is 13.1. The first-order chi connectivity index (χ1) is 12.7. The Kier molecular flexibility index (Phi) is 6.52. The van der Waals surface area contributed by atoms with Gasteiger partial charge < -0.3 is 10.2 Å². The van der Waals surface area contributed by atoms with Gasteiger partial charge in [-0.25, -0.2) is 0 Å². The second kappa shape index (κ2) is 8.87. The van der Waals surface area contributed by atoms with Crippen LogP contribution < -0.4 is 5.32 Å². The molecule has 1 unspecified atom stereocenters. The summed E-state index contributed by atoms with van der Waals surface area (Å²) in [7, 11) is 0. The molecule has 2 aromatic rings. The standard InChI is InChI=1S/C20H27N5O.ClH/c1-15-8-10-24(11-12-25(15)14-16-5-3-2-4-6-16)20(26)19-17-13-21-9-7-18(17)22-23-19;/h2-6,15,21H,7-14H2,1H3,(H,22,23);1H. The molecule has 1 amide bonds. The number of H-pyrrole nitrogens is 1. The molecule has 0 radical (unpaired) electrons. The van der Waals surface area contributed by atoms with E-state index in [2.05, 4.69) is 57.7 Å². The highest BCUT2D eigenvalue weighted by atomic mass is 35.5. The van der Waals surface area contributed by atoms with Crippen LogP contribution in [0, 0.1) is 0 Å². The predicted molar refractivity (Wildman–Crippen MR) is 108 cm³/mol. The van der Waals surface area contributed by atoms with Crippen LogP contribution in [0.25, 0.3) is 0 Å². The van der Waals surface area contributed by atoms with E-state index in [4.69, 9.17) is 0 Å². The van der Waals surface area contributed by atoms with Gasteiger partial charge in [0.2, 0.25) is 0 Å². The minimum absolute atomic E-state index is 0. The van der Waals surface area contributed by atoms with Gasteiger partial charge in [0.1, 0.15) is 0 Å². The van der Waals surface area contributed by atoms with Gasteiger partial charge >= 0.3 is 0 Å². The van der Waals surface area contributed by atoms with E-state index in [9.17, 15) is 4.79 Å². The number of nitrogens with zero attached hydrogens (tertiary/aromatic N) is 3. The van der Waals surface area contributed by atoms with Crippen molar-refractivity contribution in [2.75, 3.05) is 26.2 Å². The summed E-state index contributed by atoms with van der Waals surface area (Å²) in [4.78, 5) is 17.5. The Morgan fingerprint density at radius 1 is 1.22 bits per heavy atom. The second-order valence-corrected chi connectivity index (χ2v) is 7.34. The first-order valence-electron chi connectivity index (χ1n) is 9.56. The van der Waals surface area contributed by atoms with Crippen molar-refractivity contribution in [3.05, 3.63) is 52.8 Å². The molecule has 4 rings (SSSR count). The van der Waals surface area contributed by atoms with Crippen molar-refractivity contribution in [2.24, 2.45) is 0 Å². The number of benzene rings is 1. The Balaban J connectivity index is 0.00000210. The fourth-order valence-corrected chi connectivity index (χ4v) is 3.91. The molecule has 1 aromatic carbocycles. The Morgan fingerprint density at radius 2 is 2.04 bits per heavy atom. The lowest BCUT2D eigenvalue weighted by molar-refractivity contribution is 0.0754. The maximum Gasteiger partial charge on any atom is 0.274 e. The number of nitrogens with one attached hydrogen (secondary N) is 2. The lowest BCUT2D eigenvalue weighted by Crippen LogP contribution is -2.37. The molecule has 27 heavy (non-hydrogen) atoms. The SMILES string of the molecule is CC1CCN(C(=O)c2n[nH]c3c2CNCC3)CCN1Cc1ccccc1.Cl. The van der Waals surface area contributed by atoms with E-state index >= 15 is 0 Å². The van der Waals surface area contributed by atoms with Crippen molar-refractivity contribution in [1.29, 1.82) is 0 Å². The second-order valence-electron chi connectivity index (χ2n) is 7.34. The van der Waals surface area contributed by atoms with Crippen LogP contribution in [0.2, 0.25) is 0 Å². The van der Waals surface area contributed by atoms with Gasteiger partial charge in [0.25, 0.3) is 5.91 Å². The van der Waals surface area contributed by atoms with Crippen LogP contribution in [0.15, 0.2) is 30.3 Å². The molecule has 7 heteroatoms. The van der Waals surface area contributed by atoms with Crippen molar-refractivity contribution in [3.63, 3.8) is 0 Å². The molecule has 1 atom stereocenters. The van der Waals surface area contributed by atoms with Crippen LogP contribution in [0.1, 0.15) is 40.7 Å². The molecule has 0 bridgehead atoms. The number of halogens is 1. The zero-order valence-electron chi connectivity index (χ0n) is 15.8. The minimum Gasteiger partial charge on any atom is -0.336 e. The summed E-state index contributed by atoms with van der Waals surface area (Å²) in [6.07, 6.45) is 1.90. The molecule has 1 fully saturated rings. The molecule has 2 aliphatic rings. The van der Waals surface area contributed by atoms with Gasteiger partial charge in [-0.3, -0.25) is 14.8 Å². The summed E-state index contributed by atoms with van der Waals surface area (Å²) in [5, 5.41) is 10.7. The Labute approximate surface area is 166 Å². The Bertz CT molecular complexity index is 763. The summed E-state index contributed by atoms with van der Waals surface area (Å²) < 4.78 is 0. The minimum atomic E-state index is 0. The fraction of sp³-hybridized carbons (Fsp3) is 0.500. The molecule has 2 aliphatic heterocycles. The average molecular weight is 390 g/mol. The largest absolute Gasteiger partial charge is 0.336 e. The maximum absolute atomic E-state index is 13.1. The highest BCUT2D eigenvalue weighted by molar-refractivity contribution is 5.94. The van der Waals surface area contributed by atoms with E-state index in [-0.39, 0.29) is 18.3 Å². The summed E-state index contributed by atoms with van der Waals surface area (Å²) in [5.74, 6) is 0.0694. The smallest absolute Gasteiger partial charge is 0.274 e. The van der Waals surface area contributed by atoms with Crippen LogP contribution in [0.5, 0.6) is 0 Å². The summed E-state index contributed by atoms with van der Waals surface area (Å²) in [6, 6.07) is 11.0. The lowest BCUT2D eigenvalue weighted by atomic mass is 10.1. The topological polar surface area (TPSA) is 64.3 Å². The molecule has 0 spiro atoms. The zero-order chi connectivity index (χ0) is 17.9. The van der Waals surface area contributed by atoms with Gasteiger partial charge in [0, 0.05) is 63.0 Å². The van der Waals surface area contributed by atoms with Crippen molar-refractivity contribution in [3.8, 4) is 0 Å². The number of rotatable bonds is 3. The third-order valence-corrected chi connectivity index (χ3v) is 5.62. The van der Waals surface area contributed by atoms with Gasteiger partial charge in [-0.05, 0) is 18.9 Å². The molecule has 3 heterocycles. The number of carbonyl (C=O) groups excluding carboxylic acids is 1. The van der Waals surface area contributed by atoms with Gasteiger partial charge in [0.15, 0.2) is 5.69 Å². The van der Waals surface area contributed by atoms with Crippen molar-refractivity contribution in [1.82, 2.24) is 25.3 Å². The molecule has 1 saturated heterocycles. The van der Waals surface area contributed by atoms with Gasteiger partial charge in [-0.15, -0.1) is 12.4 Å². The molecule has 6 nitrogen and oxygen atoms in total. The van der Waals surface area contributed by atoms with E-state index in [0.29, 0.717) is 11.7 Å². The van der Waals surface area contributed by atoms with Crippen molar-refractivity contribution in [2.45, 2.75) is 38.9 Å². The van der Waals surface area contributed by atoms with E-state index in [1.54, 1.807) is 0 Å². The number of hydrogen-bond donors (Lipinski definition) is 2. The number of amides is 1. The Morgan fingerprint density at radius 3 is 2.85 bits per heavy atom. The monoisotopic (exact) mass is 389 g/mol. The molecule has 0 saturated carbocycles. The summed E-state index contributed by atoms with van der Waals surface area (Å²) >= 11 is 0. The van der Waals surface area contributed by atoms with E-state index in [0.717, 1.165) is 63.4 Å². The highest BCUT2D eigenvalue weighted by Crippen LogP contribution is 2.20. The van der Waals surface area contributed by atoms with Crippen LogP contribution in [-0.4, -0.2) is 58.1 Å². The molecule has 146 valence electrons. The summed E-state index contributed by atoms with van der Waals surface area (Å²) in [5.41, 5.74) is 4.10.